The van der Waals surface area contributed by atoms with E-state index in [-0.39, 0.29) is 5.46 Å². The van der Waals surface area contributed by atoms with Crippen molar-refractivity contribution in [3.05, 3.63) is 29.6 Å². The predicted octanol–water partition coefficient (Wildman–Crippen LogP) is 0.368. The first-order valence-corrected chi connectivity index (χ1v) is 5.18. The molecule has 1 aromatic carbocycles. The lowest BCUT2D eigenvalue weighted by Crippen LogP contribution is -2.33. The average molecular weight is 200 g/mol. The highest BCUT2D eigenvalue weighted by Gasteiger charge is 2.16. The van der Waals surface area contributed by atoms with Crippen molar-refractivity contribution in [2.45, 2.75) is 5.75 Å². The molecular formula is C8H10BFO2S. The monoisotopic (exact) mass is 200 g/mol. The summed E-state index contributed by atoms with van der Waals surface area (Å²) in [6.07, 6.45) is 1.90. The zero-order valence-electron chi connectivity index (χ0n) is 7.20. The molecule has 0 radical (unpaired) electrons. The number of rotatable bonds is 3. The molecule has 0 atom stereocenters. The second-order valence-corrected chi connectivity index (χ2v) is 3.52. The first kappa shape index (κ1) is 10.6. The van der Waals surface area contributed by atoms with Gasteiger partial charge in [0.15, 0.2) is 0 Å². The minimum Gasteiger partial charge on any atom is -0.423 e. The number of hydrogen-bond donors (Lipinski definition) is 2. The highest BCUT2D eigenvalue weighted by atomic mass is 32.2. The Morgan fingerprint density at radius 3 is 2.69 bits per heavy atom. The molecule has 0 heterocycles. The third kappa shape index (κ3) is 2.72. The molecule has 0 unspecified atom stereocenters. The molecular weight excluding hydrogens is 190 g/mol. The molecule has 0 saturated heterocycles. The van der Waals surface area contributed by atoms with Gasteiger partial charge in [-0.05, 0) is 29.4 Å². The Kier molecular flexibility index (Phi) is 3.78. The topological polar surface area (TPSA) is 40.5 Å². The molecule has 5 heteroatoms. The van der Waals surface area contributed by atoms with Crippen LogP contribution in [0.2, 0.25) is 0 Å². The Bertz CT molecular complexity index is 293. The quantitative estimate of drug-likeness (QED) is 0.692. The van der Waals surface area contributed by atoms with Crippen LogP contribution < -0.4 is 5.46 Å². The summed E-state index contributed by atoms with van der Waals surface area (Å²) in [6, 6.07) is 4.04. The maximum Gasteiger partial charge on any atom is 0.488 e. The fourth-order valence-electron chi connectivity index (χ4n) is 1.09. The Hall–Kier alpha value is -0.515. The lowest BCUT2D eigenvalue weighted by Gasteiger charge is -2.06. The zero-order valence-corrected chi connectivity index (χ0v) is 8.01. The minimum atomic E-state index is -1.60. The standard InChI is InChI=1S/C8H10BFO2S/c1-13-5-6-2-3-7(10)4-8(6)9(11)12/h2-4,11-12H,5H2,1H3. The van der Waals surface area contributed by atoms with E-state index in [1.54, 1.807) is 17.8 Å². The van der Waals surface area contributed by atoms with Crippen LogP contribution in [0.4, 0.5) is 4.39 Å². The molecule has 1 aromatic rings. The van der Waals surface area contributed by atoms with Crippen molar-refractivity contribution in [1.29, 1.82) is 0 Å². The van der Waals surface area contributed by atoms with Crippen LogP contribution in [-0.2, 0) is 5.75 Å². The highest BCUT2D eigenvalue weighted by Crippen LogP contribution is 2.08. The van der Waals surface area contributed by atoms with Gasteiger partial charge >= 0.3 is 7.12 Å². The lowest BCUT2D eigenvalue weighted by atomic mass is 9.77. The van der Waals surface area contributed by atoms with Gasteiger partial charge in [0.25, 0.3) is 0 Å². The van der Waals surface area contributed by atoms with Gasteiger partial charge in [0, 0.05) is 5.75 Å². The fourth-order valence-corrected chi connectivity index (χ4v) is 1.67. The van der Waals surface area contributed by atoms with Crippen LogP contribution in [-0.4, -0.2) is 23.4 Å². The van der Waals surface area contributed by atoms with Gasteiger partial charge in [0.05, 0.1) is 0 Å². The molecule has 0 aliphatic carbocycles. The van der Waals surface area contributed by atoms with Crippen LogP contribution in [0.3, 0.4) is 0 Å². The van der Waals surface area contributed by atoms with Gasteiger partial charge < -0.3 is 10.0 Å². The van der Waals surface area contributed by atoms with Crippen molar-refractivity contribution >= 4 is 24.3 Å². The van der Waals surface area contributed by atoms with Crippen LogP contribution in [0, 0.1) is 5.82 Å². The Balaban J connectivity index is 3.03. The maximum absolute atomic E-state index is 12.7. The third-order valence-corrected chi connectivity index (χ3v) is 2.29. The van der Waals surface area contributed by atoms with Crippen molar-refractivity contribution in [2.75, 3.05) is 6.26 Å². The summed E-state index contributed by atoms with van der Waals surface area (Å²) in [5, 5.41) is 17.9. The van der Waals surface area contributed by atoms with Crippen LogP contribution in [0.25, 0.3) is 0 Å². The summed E-state index contributed by atoms with van der Waals surface area (Å²) >= 11 is 1.55. The molecule has 0 fully saturated rings. The Labute approximate surface area is 80.9 Å². The van der Waals surface area contributed by atoms with Gasteiger partial charge in [-0.1, -0.05) is 6.07 Å². The third-order valence-electron chi connectivity index (χ3n) is 1.69. The largest absolute Gasteiger partial charge is 0.488 e. The van der Waals surface area contributed by atoms with E-state index < -0.39 is 12.9 Å². The van der Waals surface area contributed by atoms with Crippen molar-refractivity contribution in [3.8, 4) is 0 Å². The summed E-state index contributed by atoms with van der Waals surface area (Å²) in [5.74, 6) is 0.195. The lowest BCUT2D eigenvalue weighted by molar-refractivity contribution is 0.425. The number of benzene rings is 1. The Morgan fingerprint density at radius 1 is 1.46 bits per heavy atom. The van der Waals surface area contributed by atoms with Gasteiger partial charge in [-0.15, -0.1) is 0 Å². The fraction of sp³-hybridized carbons (Fsp3) is 0.250. The summed E-state index contributed by atoms with van der Waals surface area (Å²) in [6.45, 7) is 0. The number of hydrogen-bond acceptors (Lipinski definition) is 3. The summed E-state index contributed by atoms with van der Waals surface area (Å²) in [7, 11) is -1.60. The van der Waals surface area contributed by atoms with Crippen molar-refractivity contribution in [1.82, 2.24) is 0 Å². The van der Waals surface area contributed by atoms with Crippen molar-refractivity contribution < 1.29 is 14.4 Å². The first-order chi connectivity index (χ1) is 6.15. The van der Waals surface area contributed by atoms with Gasteiger partial charge in [-0.3, -0.25) is 0 Å². The van der Waals surface area contributed by atoms with E-state index in [9.17, 15) is 4.39 Å². The second kappa shape index (κ2) is 4.65. The van der Waals surface area contributed by atoms with Gasteiger partial charge in [-0.2, -0.15) is 11.8 Å². The number of thioether (sulfide) groups is 1. The van der Waals surface area contributed by atoms with E-state index in [0.29, 0.717) is 5.75 Å². The van der Waals surface area contributed by atoms with Crippen LogP contribution >= 0.6 is 11.8 Å². The van der Waals surface area contributed by atoms with Crippen LogP contribution in [0.15, 0.2) is 18.2 Å². The second-order valence-electron chi connectivity index (χ2n) is 2.65. The molecule has 1 rings (SSSR count). The van der Waals surface area contributed by atoms with Gasteiger partial charge in [0.1, 0.15) is 5.82 Å². The molecule has 2 nitrogen and oxygen atoms in total. The molecule has 0 spiro atoms. The summed E-state index contributed by atoms with van der Waals surface area (Å²) < 4.78 is 12.7. The van der Waals surface area contributed by atoms with E-state index in [1.807, 2.05) is 6.26 Å². The highest BCUT2D eigenvalue weighted by molar-refractivity contribution is 7.97. The molecule has 70 valence electrons. The number of halogens is 1. The molecule has 0 aromatic heterocycles. The van der Waals surface area contributed by atoms with Crippen molar-refractivity contribution in [2.24, 2.45) is 0 Å². The molecule has 13 heavy (non-hydrogen) atoms. The zero-order chi connectivity index (χ0) is 9.84. The SMILES string of the molecule is CSCc1ccc(F)cc1B(O)O. The molecule has 0 aliphatic rings. The van der Waals surface area contributed by atoms with Crippen LogP contribution in [0.1, 0.15) is 5.56 Å². The molecule has 2 N–H and O–H groups in total. The average Bonchev–Trinajstić information content (AvgIpc) is 2.08. The molecule has 0 saturated carbocycles. The van der Waals surface area contributed by atoms with Crippen molar-refractivity contribution in [3.63, 3.8) is 0 Å². The maximum atomic E-state index is 12.7. The first-order valence-electron chi connectivity index (χ1n) is 3.78. The van der Waals surface area contributed by atoms with E-state index in [1.165, 1.54) is 6.07 Å². The predicted molar refractivity (Wildman–Crippen MR) is 53.4 cm³/mol. The molecule has 0 amide bonds. The summed E-state index contributed by atoms with van der Waals surface area (Å²) in [4.78, 5) is 0. The Morgan fingerprint density at radius 2 is 2.15 bits per heavy atom. The van der Waals surface area contributed by atoms with Gasteiger partial charge in [-0.25, -0.2) is 4.39 Å². The normalized spacial score (nSPS) is 10.2. The summed E-state index contributed by atoms with van der Waals surface area (Å²) in [5.41, 5.74) is 0.998. The minimum absolute atomic E-state index is 0.245. The molecule has 0 bridgehead atoms. The van der Waals surface area contributed by atoms with E-state index in [0.717, 1.165) is 11.6 Å². The van der Waals surface area contributed by atoms with E-state index in [2.05, 4.69) is 0 Å². The molecule has 0 aliphatic heterocycles. The van der Waals surface area contributed by atoms with Crippen LogP contribution in [0.5, 0.6) is 0 Å². The van der Waals surface area contributed by atoms with Gasteiger partial charge in [0.2, 0.25) is 0 Å². The van der Waals surface area contributed by atoms with E-state index in [4.69, 9.17) is 10.0 Å². The van der Waals surface area contributed by atoms with E-state index >= 15 is 0 Å². The smallest absolute Gasteiger partial charge is 0.423 e.